The zero-order valence-corrected chi connectivity index (χ0v) is 18.5. The molecule has 2 aromatic carbocycles. The summed E-state index contributed by atoms with van der Waals surface area (Å²) in [7, 11) is 0. The molecule has 0 fully saturated rings. The van der Waals surface area contributed by atoms with Gasteiger partial charge in [-0.3, -0.25) is 0 Å². The average molecular weight is 455 g/mol. The van der Waals surface area contributed by atoms with Gasteiger partial charge in [0.25, 0.3) is 0 Å². The maximum atomic E-state index is 6.14. The van der Waals surface area contributed by atoms with Crippen LogP contribution in [0.4, 0.5) is 0 Å². The predicted octanol–water partition coefficient (Wildman–Crippen LogP) is 4.42. The van der Waals surface area contributed by atoms with Crippen LogP contribution in [-0.4, -0.2) is 32.1 Å². The minimum absolute atomic E-state index is 0.283. The summed E-state index contributed by atoms with van der Waals surface area (Å²) in [5.41, 5.74) is 2.41. The summed E-state index contributed by atoms with van der Waals surface area (Å²) >= 11 is 5.67. The second-order valence-electron chi connectivity index (χ2n) is 6.27. The summed E-state index contributed by atoms with van der Waals surface area (Å²) in [5.74, 6) is 0.640. The Kier molecular flexibility index (Phi) is 8.04. The first kappa shape index (κ1) is 20.5. The molecule has 0 saturated carbocycles. The van der Waals surface area contributed by atoms with Gasteiger partial charge in [0.2, 0.25) is 0 Å². The molecule has 0 saturated heterocycles. The Bertz CT molecular complexity index is 969. The predicted molar refractivity (Wildman–Crippen MR) is 120 cm³/mol. The van der Waals surface area contributed by atoms with Crippen LogP contribution in [0.1, 0.15) is 30.9 Å². The molecule has 1 aromatic heterocycles. The number of hydrogen-bond acceptors (Lipinski definition) is 3. The zero-order chi connectivity index (χ0) is 19.6. The van der Waals surface area contributed by atoms with E-state index >= 15 is 0 Å². The van der Waals surface area contributed by atoms with E-state index in [9.17, 15) is 0 Å². The number of aromatic nitrogens is 1. The van der Waals surface area contributed by atoms with Gasteiger partial charge < -0.3 is 0 Å². The topological polar surface area (TPSA) is 26.5 Å². The number of hydrogen-bond donors (Lipinski definition) is 0. The summed E-state index contributed by atoms with van der Waals surface area (Å²) in [6.07, 6.45) is 3.96. The molecule has 3 nitrogen and oxygen atoms in total. The van der Waals surface area contributed by atoms with Gasteiger partial charge in [0.05, 0.1) is 0 Å². The fourth-order valence-corrected chi connectivity index (χ4v) is 4.86. The van der Waals surface area contributed by atoms with E-state index in [0.717, 1.165) is 30.3 Å². The normalized spacial score (nSPS) is 11.4. The molecule has 0 aliphatic carbocycles. The number of rotatable bonds is 8. The quantitative estimate of drug-likeness (QED) is 0.165. The van der Waals surface area contributed by atoms with Gasteiger partial charge in [0.1, 0.15) is 0 Å². The van der Waals surface area contributed by atoms with E-state index in [0.29, 0.717) is 10.5 Å². The van der Waals surface area contributed by atoms with Gasteiger partial charge in [-0.05, 0) is 0 Å². The Hall–Kier alpha value is -2.20. The van der Waals surface area contributed by atoms with Crippen LogP contribution >= 0.6 is 12.2 Å². The molecule has 5 heteroatoms. The van der Waals surface area contributed by atoms with E-state index in [2.05, 4.69) is 55.5 Å². The van der Waals surface area contributed by atoms with Crippen molar-refractivity contribution in [3.05, 3.63) is 94.8 Å². The average Bonchev–Trinajstić information content (AvgIpc) is 2.74. The van der Waals surface area contributed by atoms with Crippen molar-refractivity contribution >= 4 is 37.5 Å². The van der Waals surface area contributed by atoms with Gasteiger partial charge in [0, 0.05) is 0 Å². The van der Waals surface area contributed by atoms with E-state index < -0.39 is 0 Å². The van der Waals surface area contributed by atoms with Gasteiger partial charge in [-0.15, -0.1) is 0 Å². The van der Waals surface area contributed by atoms with Crippen LogP contribution in [0.25, 0.3) is 0 Å². The molecule has 144 valence electrons. The molecule has 28 heavy (non-hydrogen) atoms. The van der Waals surface area contributed by atoms with Crippen molar-refractivity contribution in [2.24, 2.45) is 4.99 Å². The van der Waals surface area contributed by atoms with E-state index in [1.165, 1.54) is 10.0 Å². The molecule has 3 aromatic rings. The van der Waals surface area contributed by atoms with Crippen molar-refractivity contribution in [1.29, 1.82) is 0 Å². The summed E-state index contributed by atoms with van der Waals surface area (Å²) in [6, 6.07) is 24.7. The zero-order valence-electron chi connectivity index (χ0n) is 16.0. The Morgan fingerprint density at radius 1 is 1.00 bits per heavy atom. The number of benzene rings is 2. The third kappa shape index (κ3) is 5.90. The Labute approximate surface area is 178 Å². The third-order valence-electron chi connectivity index (χ3n) is 4.10. The van der Waals surface area contributed by atoms with Gasteiger partial charge in [-0.2, -0.15) is 0 Å². The number of aliphatic imine (C=N–C) groups is 1. The SMILES string of the molecule is CCCCN=C(On1ccccc1=S)c1ccccc1[Se]Cc1ccccc1. The monoisotopic (exact) mass is 456 g/mol. The molecule has 0 bridgehead atoms. The summed E-state index contributed by atoms with van der Waals surface area (Å²) < 4.78 is 3.52. The summed E-state index contributed by atoms with van der Waals surface area (Å²) in [6.45, 7) is 2.91. The van der Waals surface area contributed by atoms with Crippen molar-refractivity contribution < 1.29 is 4.84 Å². The van der Waals surface area contributed by atoms with Crippen molar-refractivity contribution in [3.8, 4) is 0 Å². The van der Waals surface area contributed by atoms with Crippen molar-refractivity contribution in [2.45, 2.75) is 25.1 Å². The minimum atomic E-state index is 0.283. The molecule has 0 aliphatic heterocycles. The maximum absolute atomic E-state index is 6.14. The Morgan fingerprint density at radius 2 is 1.75 bits per heavy atom. The van der Waals surface area contributed by atoms with Gasteiger partial charge in [0.15, 0.2) is 0 Å². The van der Waals surface area contributed by atoms with Crippen LogP contribution < -0.4 is 9.30 Å². The molecular formula is C23H24N2OSSe. The van der Waals surface area contributed by atoms with Crippen LogP contribution in [0.2, 0.25) is 0 Å². The van der Waals surface area contributed by atoms with Crippen molar-refractivity contribution in [3.63, 3.8) is 0 Å². The van der Waals surface area contributed by atoms with E-state index in [1.807, 2.05) is 30.5 Å². The molecule has 0 aliphatic rings. The summed E-state index contributed by atoms with van der Waals surface area (Å²) in [5, 5.41) is 1.04. The molecule has 0 amide bonds. The molecule has 1 heterocycles. The molecule has 0 unspecified atom stereocenters. The first-order valence-corrected chi connectivity index (χ1v) is 11.9. The second-order valence-corrected chi connectivity index (χ2v) is 8.82. The van der Waals surface area contributed by atoms with E-state index in [1.54, 1.807) is 4.73 Å². The molecule has 0 N–H and O–H groups in total. The van der Waals surface area contributed by atoms with Gasteiger partial charge in [-0.25, -0.2) is 0 Å². The van der Waals surface area contributed by atoms with Crippen molar-refractivity contribution in [2.75, 3.05) is 6.54 Å². The van der Waals surface area contributed by atoms with Crippen molar-refractivity contribution in [1.82, 2.24) is 4.73 Å². The first-order chi connectivity index (χ1) is 13.8. The van der Waals surface area contributed by atoms with Crippen LogP contribution in [-0.2, 0) is 5.32 Å². The van der Waals surface area contributed by atoms with E-state index in [4.69, 9.17) is 22.0 Å². The Morgan fingerprint density at radius 3 is 2.54 bits per heavy atom. The van der Waals surface area contributed by atoms with Gasteiger partial charge in [-0.1, -0.05) is 0 Å². The number of unbranched alkanes of at least 4 members (excludes halogenated alkanes) is 1. The first-order valence-electron chi connectivity index (χ1n) is 9.44. The molecule has 0 atom stereocenters. The van der Waals surface area contributed by atoms with Gasteiger partial charge >= 0.3 is 178 Å². The summed E-state index contributed by atoms with van der Waals surface area (Å²) in [4.78, 5) is 10.9. The fourth-order valence-electron chi connectivity index (χ4n) is 2.59. The Balaban J connectivity index is 1.88. The van der Waals surface area contributed by atoms with Crippen LogP contribution in [0.3, 0.4) is 0 Å². The van der Waals surface area contributed by atoms with Crippen LogP contribution in [0, 0.1) is 4.64 Å². The molecule has 0 radical (unpaired) electrons. The van der Waals surface area contributed by atoms with E-state index in [-0.39, 0.29) is 15.0 Å². The standard InChI is InChI=1S/C23H24N2OSSe/c1-2-3-16-24-23(26-25-17-10-9-15-22(25)27)20-13-7-8-14-21(20)28-18-19-11-5-4-6-12-19/h4-15,17H,2-3,16,18H2,1H3. The third-order valence-corrected chi connectivity index (χ3v) is 6.81. The van der Waals surface area contributed by atoms with Crippen LogP contribution in [0.5, 0.6) is 0 Å². The fraction of sp³-hybridized carbons (Fsp3) is 0.217. The molecule has 0 spiro atoms. The number of pyridine rings is 1. The number of nitrogens with zero attached hydrogens (tertiary/aromatic N) is 2. The molecular weight excluding hydrogens is 431 g/mol. The molecule has 3 rings (SSSR count). The van der Waals surface area contributed by atoms with Crippen LogP contribution in [0.15, 0.2) is 84.0 Å². The second kappa shape index (κ2) is 11.0.